The van der Waals surface area contributed by atoms with Crippen LogP contribution in [0.5, 0.6) is 0 Å². The summed E-state index contributed by atoms with van der Waals surface area (Å²) in [7, 11) is 0. The topological polar surface area (TPSA) is 52.9 Å². The lowest BCUT2D eigenvalue weighted by molar-refractivity contribution is 0.0941. The third kappa shape index (κ3) is 3.11. The molecule has 3 nitrogen and oxygen atoms in total. The first-order chi connectivity index (χ1) is 8.11. The van der Waals surface area contributed by atoms with Gasteiger partial charge in [-0.25, -0.2) is 0 Å². The average Bonchev–Trinajstić information content (AvgIpc) is 3.13. The van der Waals surface area contributed by atoms with Crippen molar-refractivity contribution >= 4 is 40.1 Å². The molecule has 0 spiro atoms. The Hall–Kier alpha value is -0.800. The highest BCUT2D eigenvalue weighted by Crippen LogP contribution is 2.32. The molecule has 0 saturated heterocycles. The number of hydrogen-bond acceptors (Lipinski definition) is 2. The molecule has 1 aromatic rings. The maximum absolute atomic E-state index is 12.0. The summed E-state index contributed by atoms with van der Waals surface area (Å²) in [5.41, 5.74) is 0.527. The molecular weight excluding hydrogens is 351 g/mol. The molecule has 17 heavy (non-hydrogen) atoms. The number of amides is 1. The zero-order valence-electron chi connectivity index (χ0n) is 8.91. The molecule has 2 rings (SSSR count). The molecule has 1 atom stereocenters. The largest absolute Gasteiger partial charge is 0.336 e. The van der Waals surface area contributed by atoms with Gasteiger partial charge >= 0.3 is 0 Å². The second-order valence-corrected chi connectivity index (χ2v) is 5.64. The summed E-state index contributed by atoms with van der Waals surface area (Å²) in [4.78, 5) is 12.0. The highest BCUT2D eigenvalue weighted by molar-refractivity contribution is 14.1. The van der Waals surface area contributed by atoms with Gasteiger partial charge in [0.05, 0.1) is 11.6 Å². The van der Waals surface area contributed by atoms with E-state index in [1.54, 1.807) is 18.2 Å². The molecule has 1 fully saturated rings. The van der Waals surface area contributed by atoms with E-state index >= 15 is 0 Å². The van der Waals surface area contributed by atoms with E-state index < -0.39 is 0 Å². The van der Waals surface area contributed by atoms with Gasteiger partial charge in [-0.2, -0.15) is 5.26 Å². The number of benzene rings is 1. The molecule has 1 aliphatic rings. The van der Waals surface area contributed by atoms with Crippen LogP contribution >= 0.6 is 34.2 Å². The molecule has 1 amide bonds. The summed E-state index contributed by atoms with van der Waals surface area (Å²) in [6.07, 6.45) is 2.04. The minimum atomic E-state index is -0.378. The van der Waals surface area contributed by atoms with Crippen LogP contribution in [0.1, 0.15) is 23.2 Å². The summed E-state index contributed by atoms with van der Waals surface area (Å²) >= 11 is 7.94. The first-order valence-corrected chi connectivity index (χ1v) is 6.73. The van der Waals surface area contributed by atoms with E-state index in [2.05, 4.69) is 34.0 Å². The smallest absolute Gasteiger partial charge is 0.253 e. The van der Waals surface area contributed by atoms with E-state index in [1.165, 1.54) is 0 Å². The molecule has 5 heteroatoms. The molecule has 0 radical (unpaired) electrons. The number of halogens is 2. The van der Waals surface area contributed by atoms with Crippen molar-refractivity contribution in [2.75, 3.05) is 0 Å². The van der Waals surface area contributed by atoms with Crippen LogP contribution in [-0.2, 0) is 0 Å². The fourth-order valence-corrected chi connectivity index (χ4v) is 2.33. The third-order valence-corrected chi connectivity index (χ3v) is 3.87. The molecule has 0 bridgehead atoms. The van der Waals surface area contributed by atoms with Crippen molar-refractivity contribution in [1.82, 2.24) is 5.32 Å². The summed E-state index contributed by atoms with van der Waals surface area (Å²) in [5.74, 6) is 0.0937. The van der Waals surface area contributed by atoms with Gasteiger partial charge in [0, 0.05) is 8.59 Å². The van der Waals surface area contributed by atoms with Crippen molar-refractivity contribution in [2.24, 2.45) is 5.92 Å². The van der Waals surface area contributed by atoms with Gasteiger partial charge in [-0.05, 0) is 59.5 Å². The number of nitrogens with zero attached hydrogens (tertiary/aromatic N) is 1. The Morgan fingerprint density at radius 1 is 1.59 bits per heavy atom. The SMILES string of the molecule is N#CC(NC(=O)c1cc(Cl)ccc1I)C1CC1. The van der Waals surface area contributed by atoms with E-state index in [0.29, 0.717) is 16.5 Å². The van der Waals surface area contributed by atoms with Crippen LogP contribution < -0.4 is 5.32 Å². The second kappa shape index (κ2) is 5.23. The summed E-state index contributed by atoms with van der Waals surface area (Å²) in [5, 5.41) is 12.2. The fraction of sp³-hybridized carbons (Fsp3) is 0.333. The lowest BCUT2D eigenvalue weighted by Crippen LogP contribution is -2.35. The Kier molecular flexibility index (Phi) is 3.89. The summed E-state index contributed by atoms with van der Waals surface area (Å²) < 4.78 is 0.831. The Morgan fingerprint density at radius 2 is 2.29 bits per heavy atom. The fourth-order valence-electron chi connectivity index (χ4n) is 1.58. The molecule has 1 aliphatic carbocycles. The first-order valence-electron chi connectivity index (χ1n) is 5.27. The quantitative estimate of drug-likeness (QED) is 0.843. The third-order valence-electron chi connectivity index (χ3n) is 2.69. The van der Waals surface area contributed by atoms with Gasteiger partial charge in [0.2, 0.25) is 0 Å². The van der Waals surface area contributed by atoms with Gasteiger partial charge < -0.3 is 5.32 Å². The molecule has 1 saturated carbocycles. The Balaban J connectivity index is 2.13. The predicted octanol–water partition coefficient (Wildman–Crippen LogP) is 2.98. The number of hydrogen-bond donors (Lipinski definition) is 1. The van der Waals surface area contributed by atoms with Gasteiger partial charge in [-0.1, -0.05) is 11.6 Å². The molecule has 1 aromatic carbocycles. The number of carbonyl (C=O) groups excluding carboxylic acids is 1. The first kappa shape index (κ1) is 12.7. The lowest BCUT2D eigenvalue weighted by atomic mass is 10.1. The zero-order chi connectivity index (χ0) is 12.4. The molecule has 88 valence electrons. The summed E-state index contributed by atoms with van der Waals surface area (Å²) in [6.45, 7) is 0. The van der Waals surface area contributed by atoms with Crippen molar-refractivity contribution in [1.29, 1.82) is 5.26 Å². The average molecular weight is 361 g/mol. The van der Waals surface area contributed by atoms with Gasteiger partial charge in [0.1, 0.15) is 6.04 Å². The second-order valence-electron chi connectivity index (χ2n) is 4.04. The van der Waals surface area contributed by atoms with Gasteiger partial charge in [-0.3, -0.25) is 4.79 Å². The number of nitriles is 1. The highest BCUT2D eigenvalue weighted by Gasteiger charge is 2.32. The Labute approximate surface area is 118 Å². The van der Waals surface area contributed by atoms with E-state index in [4.69, 9.17) is 16.9 Å². The van der Waals surface area contributed by atoms with Gasteiger partial charge in [-0.15, -0.1) is 0 Å². The van der Waals surface area contributed by atoms with Crippen LogP contribution in [0.15, 0.2) is 18.2 Å². The molecular formula is C12H10ClIN2O. The van der Waals surface area contributed by atoms with E-state index in [9.17, 15) is 4.79 Å². The van der Waals surface area contributed by atoms with Crippen LogP contribution in [0.3, 0.4) is 0 Å². The van der Waals surface area contributed by atoms with Crippen LogP contribution in [-0.4, -0.2) is 11.9 Å². The number of nitrogens with one attached hydrogen (secondary N) is 1. The van der Waals surface area contributed by atoms with Gasteiger partial charge in [0.25, 0.3) is 5.91 Å². The minimum Gasteiger partial charge on any atom is -0.336 e. The van der Waals surface area contributed by atoms with Crippen molar-refractivity contribution in [3.05, 3.63) is 32.4 Å². The van der Waals surface area contributed by atoms with Crippen molar-refractivity contribution < 1.29 is 4.79 Å². The van der Waals surface area contributed by atoms with E-state index in [1.807, 2.05) is 0 Å². The molecule has 1 N–H and O–H groups in total. The Bertz CT molecular complexity index is 494. The van der Waals surface area contributed by atoms with Gasteiger partial charge in [0.15, 0.2) is 0 Å². The summed E-state index contributed by atoms with van der Waals surface area (Å²) in [6, 6.07) is 6.91. The Morgan fingerprint density at radius 3 is 2.88 bits per heavy atom. The van der Waals surface area contributed by atoms with Crippen LogP contribution in [0.2, 0.25) is 5.02 Å². The number of rotatable bonds is 3. The maximum atomic E-state index is 12.0. The molecule has 0 aliphatic heterocycles. The normalized spacial score (nSPS) is 16.1. The monoisotopic (exact) mass is 360 g/mol. The molecule has 0 heterocycles. The van der Waals surface area contributed by atoms with Crippen molar-refractivity contribution in [3.8, 4) is 6.07 Å². The minimum absolute atomic E-state index is 0.227. The predicted molar refractivity (Wildman–Crippen MR) is 73.8 cm³/mol. The van der Waals surface area contributed by atoms with Crippen molar-refractivity contribution in [2.45, 2.75) is 18.9 Å². The van der Waals surface area contributed by atoms with Crippen LogP contribution in [0, 0.1) is 20.8 Å². The zero-order valence-corrected chi connectivity index (χ0v) is 11.8. The molecule has 1 unspecified atom stereocenters. The molecule has 0 aromatic heterocycles. The standard InChI is InChI=1S/C12H10ClIN2O/c13-8-3-4-10(14)9(5-8)12(17)16-11(6-15)7-1-2-7/h3-5,7,11H,1-2H2,(H,16,17). The lowest BCUT2D eigenvalue weighted by Gasteiger charge is -2.11. The number of carbonyl (C=O) groups is 1. The maximum Gasteiger partial charge on any atom is 0.253 e. The van der Waals surface area contributed by atoms with Crippen LogP contribution in [0.4, 0.5) is 0 Å². The van der Waals surface area contributed by atoms with E-state index in [-0.39, 0.29) is 11.9 Å². The van der Waals surface area contributed by atoms with Crippen molar-refractivity contribution in [3.63, 3.8) is 0 Å². The highest BCUT2D eigenvalue weighted by atomic mass is 127. The van der Waals surface area contributed by atoms with Crippen LogP contribution in [0.25, 0.3) is 0 Å². The van der Waals surface area contributed by atoms with E-state index in [0.717, 1.165) is 16.4 Å².